The molecule has 0 bridgehead atoms. The monoisotopic (exact) mass is 267 g/mol. The average Bonchev–Trinajstić information content (AvgIpc) is 2.69. The van der Waals surface area contributed by atoms with Gasteiger partial charge in [0.1, 0.15) is 0 Å². The third-order valence-corrected chi connectivity index (χ3v) is 4.66. The topological polar surface area (TPSA) is 54.0 Å². The summed E-state index contributed by atoms with van der Waals surface area (Å²) in [7, 11) is 0. The minimum absolute atomic E-state index is 0.0681. The van der Waals surface area contributed by atoms with E-state index in [9.17, 15) is 4.79 Å². The second kappa shape index (κ2) is 5.80. The highest BCUT2D eigenvalue weighted by Crippen LogP contribution is 2.25. The van der Waals surface area contributed by atoms with Gasteiger partial charge in [0.2, 0.25) is 5.91 Å². The Morgan fingerprint density at radius 2 is 2.11 bits per heavy atom. The van der Waals surface area contributed by atoms with Crippen molar-refractivity contribution in [3.63, 3.8) is 0 Å². The lowest BCUT2D eigenvalue weighted by Gasteiger charge is -2.23. The second-order valence-corrected chi connectivity index (χ2v) is 6.17. The Morgan fingerprint density at radius 3 is 2.67 bits per heavy atom. The molecule has 2 N–H and O–H groups in total. The number of thiazole rings is 1. The van der Waals surface area contributed by atoms with Crippen LogP contribution in [0.4, 0.5) is 0 Å². The van der Waals surface area contributed by atoms with Gasteiger partial charge in [0.15, 0.2) is 0 Å². The van der Waals surface area contributed by atoms with Gasteiger partial charge in [0.05, 0.1) is 16.7 Å². The Morgan fingerprint density at radius 1 is 1.44 bits per heavy atom. The van der Waals surface area contributed by atoms with Crippen LogP contribution in [0.25, 0.3) is 0 Å². The summed E-state index contributed by atoms with van der Waals surface area (Å²) in [6, 6.07) is 0.0681. The van der Waals surface area contributed by atoms with Gasteiger partial charge in [-0.1, -0.05) is 0 Å². The van der Waals surface area contributed by atoms with E-state index in [4.69, 9.17) is 0 Å². The molecule has 4 nitrogen and oxygen atoms in total. The van der Waals surface area contributed by atoms with E-state index in [1.807, 2.05) is 20.8 Å². The Kier molecular flexibility index (Phi) is 4.35. The molecule has 5 heteroatoms. The fourth-order valence-electron chi connectivity index (χ4n) is 2.43. The number of nitrogens with one attached hydrogen (secondary N) is 2. The Hall–Kier alpha value is -0.940. The number of carbonyl (C=O) groups excluding carboxylic acids is 1. The van der Waals surface area contributed by atoms with Gasteiger partial charge in [-0.2, -0.15) is 0 Å². The van der Waals surface area contributed by atoms with E-state index < -0.39 is 0 Å². The minimum Gasteiger partial charge on any atom is -0.348 e. The highest BCUT2D eigenvalue weighted by molar-refractivity contribution is 7.11. The first-order valence-electron chi connectivity index (χ1n) is 6.53. The molecule has 1 aliphatic heterocycles. The molecule has 1 amide bonds. The zero-order chi connectivity index (χ0) is 13.1. The second-order valence-electron chi connectivity index (χ2n) is 4.94. The maximum absolute atomic E-state index is 12.1. The molecule has 0 saturated carbocycles. The van der Waals surface area contributed by atoms with Crippen LogP contribution in [0.3, 0.4) is 0 Å². The summed E-state index contributed by atoms with van der Waals surface area (Å²) in [5.74, 6) is 0.359. The van der Waals surface area contributed by atoms with Gasteiger partial charge in [-0.15, -0.1) is 11.3 Å². The normalized spacial score (nSPS) is 18.6. The van der Waals surface area contributed by atoms with Crippen molar-refractivity contribution in [2.45, 2.75) is 39.7 Å². The SMILES string of the molecule is Cc1nc(C)c(C(C)NC(=O)C2CCNCC2)s1. The van der Waals surface area contributed by atoms with Crippen LogP contribution < -0.4 is 10.6 Å². The van der Waals surface area contributed by atoms with Gasteiger partial charge in [-0.05, 0) is 46.7 Å². The van der Waals surface area contributed by atoms with Gasteiger partial charge < -0.3 is 10.6 Å². The van der Waals surface area contributed by atoms with E-state index in [2.05, 4.69) is 15.6 Å². The molecule has 100 valence electrons. The van der Waals surface area contributed by atoms with E-state index in [1.165, 1.54) is 4.88 Å². The lowest BCUT2D eigenvalue weighted by atomic mass is 9.97. The summed E-state index contributed by atoms with van der Waals surface area (Å²) in [5.41, 5.74) is 1.04. The third-order valence-electron chi connectivity index (χ3n) is 3.40. The Labute approximate surface area is 112 Å². The number of hydrogen-bond acceptors (Lipinski definition) is 4. The number of carbonyl (C=O) groups is 1. The number of piperidine rings is 1. The van der Waals surface area contributed by atoms with Gasteiger partial charge in [-0.3, -0.25) is 4.79 Å². The van der Waals surface area contributed by atoms with Gasteiger partial charge >= 0.3 is 0 Å². The van der Waals surface area contributed by atoms with E-state index in [-0.39, 0.29) is 17.9 Å². The molecule has 2 rings (SSSR count). The van der Waals surface area contributed by atoms with Crippen LogP contribution in [0.15, 0.2) is 0 Å². The molecule has 1 aromatic heterocycles. The number of aryl methyl sites for hydroxylation is 2. The zero-order valence-corrected chi connectivity index (χ0v) is 12.1. The molecule has 0 aliphatic carbocycles. The third kappa shape index (κ3) is 3.09. The minimum atomic E-state index is 0.0681. The maximum atomic E-state index is 12.1. The van der Waals surface area contributed by atoms with E-state index in [0.29, 0.717) is 0 Å². The molecular weight excluding hydrogens is 246 g/mol. The first kappa shape index (κ1) is 13.5. The number of aromatic nitrogens is 1. The summed E-state index contributed by atoms with van der Waals surface area (Å²) >= 11 is 1.67. The molecule has 0 spiro atoms. The van der Waals surface area contributed by atoms with Gasteiger partial charge in [0.25, 0.3) is 0 Å². The largest absolute Gasteiger partial charge is 0.348 e. The van der Waals surface area contributed by atoms with Crippen LogP contribution in [-0.2, 0) is 4.79 Å². The lowest BCUT2D eigenvalue weighted by Crippen LogP contribution is -2.39. The van der Waals surface area contributed by atoms with E-state index >= 15 is 0 Å². The van der Waals surface area contributed by atoms with E-state index in [1.54, 1.807) is 11.3 Å². The number of hydrogen-bond donors (Lipinski definition) is 2. The summed E-state index contributed by atoms with van der Waals surface area (Å²) in [5, 5.41) is 7.46. The van der Waals surface area contributed by atoms with Crippen molar-refractivity contribution in [2.75, 3.05) is 13.1 Å². The molecule has 1 atom stereocenters. The van der Waals surface area contributed by atoms with Crippen molar-refractivity contribution in [1.82, 2.24) is 15.6 Å². The Balaban J connectivity index is 1.96. The molecule has 18 heavy (non-hydrogen) atoms. The number of nitrogens with zero attached hydrogens (tertiary/aromatic N) is 1. The standard InChI is InChI=1S/C13H21N3OS/c1-8-12(18-10(3)15-8)9(2)16-13(17)11-4-6-14-7-5-11/h9,11,14H,4-7H2,1-3H3,(H,16,17). The summed E-state index contributed by atoms with van der Waals surface area (Å²) in [6.45, 7) is 7.95. The van der Waals surface area contributed by atoms with Crippen LogP contribution in [0.2, 0.25) is 0 Å². The molecule has 0 radical (unpaired) electrons. The van der Waals surface area contributed by atoms with Crippen LogP contribution in [0.1, 0.15) is 41.4 Å². The molecular formula is C13H21N3OS. The number of amides is 1. The molecule has 1 unspecified atom stereocenters. The first-order valence-corrected chi connectivity index (χ1v) is 7.34. The van der Waals surface area contributed by atoms with Crippen molar-refractivity contribution in [2.24, 2.45) is 5.92 Å². The van der Waals surface area contributed by atoms with Gasteiger partial charge in [-0.25, -0.2) is 4.98 Å². The summed E-state index contributed by atoms with van der Waals surface area (Å²) < 4.78 is 0. The van der Waals surface area contributed by atoms with Crippen molar-refractivity contribution in [1.29, 1.82) is 0 Å². The average molecular weight is 267 g/mol. The van der Waals surface area contributed by atoms with Crippen LogP contribution in [0, 0.1) is 19.8 Å². The summed E-state index contributed by atoms with van der Waals surface area (Å²) in [6.07, 6.45) is 1.89. The van der Waals surface area contributed by atoms with Crippen molar-refractivity contribution in [3.05, 3.63) is 15.6 Å². The number of rotatable bonds is 3. The molecule has 1 fully saturated rings. The molecule has 1 saturated heterocycles. The smallest absolute Gasteiger partial charge is 0.223 e. The fourth-order valence-corrected chi connectivity index (χ4v) is 3.36. The predicted octanol–water partition coefficient (Wildman–Crippen LogP) is 1.94. The quantitative estimate of drug-likeness (QED) is 0.880. The maximum Gasteiger partial charge on any atom is 0.223 e. The highest BCUT2D eigenvalue weighted by Gasteiger charge is 2.23. The molecule has 2 heterocycles. The fraction of sp³-hybridized carbons (Fsp3) is 0.692. The van der Waals surface area contributed by atoms with Crippen LogP contribution in [0.5, 0.6) is 0 Å². The van der Waals surface area contributed by atoms with E-state index in [0.717, 1.165) is 36.6 Å². The molecule has 1 aliphatic rings. The Bertz CT molecular complexity index is 424. The lowest BCUT2D eigenvalue weighted by molar-refractivity contribution is -0.126. The predicted molar refractivity (Wildman–Crippen MR) is 73.7 cm³/mol. The van der Waals surface area contributed by atoms with Gasteiger partial charge in [0, 0.05) is 10.8 Å². The molecule has 0 aromatic carbocycles. The summed E-state index contributed by atoms with van der Waals surface area (Å²) in [4.78, 5) is 17.7. The van der Waals surface area contributed by atoms with Crippen LogP contribution in [-0.4, -0.2) is 24.0 Å². The zero-order valence-electron chi connectivity index (χ0n) is 11.2. The first-order chi connectivity index (χ1) is 8.58. The highest BCUT2D eigenvalue weighted by atomic mass is 32.1. The van der Waals surface area contributed by atoms with Crippen LogP contribution >= 0.6 is 11.3 Å². The molecule has 1 aromatic rings. The van der Waals surface area contributed by atoms with Crippen molar-refractivity contribution in [3.8, 4) is 0 Å². The van der Waals surface area contributed by atoms with Crippen molar-refractivity contribution < 1.29 is 4.79 Å². The van der Waals surface area contributed by atoms with Crippen molar-refractivity contribution >= 4 is 17.2 Å².